The zero-order chi connectivity index (χ0) is 14.3. The van der Waals surface area contributed by atoms with Crippen molar-refractivity contribution < 1.29 is 4.79 Å². The minimum Gasteiger partial charge on any atom is -0.293 e. The predicted molar refractivity (Wildman–Crippen MR) is 89.6 cm³/mol. The van der Waals surface area contributed by atoms with Crippen LogP contribution in [0.3, 0.4) is 0 Å². The summed E-state index contributed by atoms with van der Waals surface area (Å²) in [7, 11) is 0. The summed E-state index contributed by atoms with van der Waals surface area (Å²) in [6, 6.07) is 13.1. The van der Waals surface area contributed by atoms with Crippen molar-refractivity contribution in [3.63, 3.8) is 0 Å². The van der Waals surface area contributed by atoms with Gasteiger partial charge in [-0.1, -0.05) is 51.3 Å². The van der Waals surface area contributed by atoms with E-state index in [1.807, 2.05) is 36.4 Å². The molecule has 4 heteroatoms. The summed E-state index contributed by atoms with van der Waals surface area (Å²) in [4.78, 5) is 12.1. The number of hydrogen-bond acceptors (Lipinski definition) is 1. The minimum atomic E-state index is 0.0409. The van der Waals surface area contributed by atoms with Crippen LogP contribution in [-0.4, -0.2) is 11.1 Å². The quantitative estimate of drug-likeness (QED) is 0.314. The first-order chi connectivity index (χ1) is 9.60. The van der Waals surface area contributed by atoms with Gasteiger partial charge in [0, 0.05) is 15.6 Å². The minimum absolute atomic E-state index is 0.0409. The molecule has 0 atom stereocenters. The Morgan fingerprint density at radius 3 is 2.25 bits per heavy atom. The van der Waals surface area contributed by atoms with Gasteiger partial charge in [0.25, 0.3) is 0 Å². The molecule has 0 saturated carbocycles. The highest BCUT2D eigenvalue weighted by atomic mass is 79.9. The second-order valence-corrected chi connectivity index (χ2v) is 5.97. The molecule has 3 rings (SSSR count). The van der Waals surface area contributed by atoms with Crippen LogP contribution in [0.5, 0.6) is 0 Å². The summed E-state index contributed by atoms with van der Waals surface area (Å²) >= 11 is 15.4. The predicted octanol–water partition coefficient (Wildman–Crippen LogP) is 5.88. The molecule has 20 heavy (non-hydrogen) atoms. The van der Waals surface area contributed by atoms with Crippen molar-refractivity contribution in [2.45, 2.75) is 0 Å². The van der Waals surface area contributed by atoms with E-state index in [1.54, 1.807) is 6.07 Å². The van der Waals surface area contributed by atoms with Crippen LogP contribution in [0.25, 0.3) is 21.5 Å². The third-order valence-electron chi connectivity index (χ3n) is 3.30. The number of fused-ring (bicyclic) bond motifs is 3. The number of Topliss-reactive ketones (excluding diaryl/α,β-unsaturated/α-hetero) is 1. The molecule has 0 unspecified atom stereocenters. The zero-order valence-corrected chi connectivity index (χ0v) is 13.4. The van der Waals surface area contributed by atoms with Crippen LogP contribution >= 0.6 is 39.1 Å². The molecule has 0 heterocycles. The van der Waals surface area contributed by atoms with Crippen molar-refractivity contribution >= 4 is 66.5 Å². The van der Waals surface area contributed by atoms with E-state index in [0.717, 1.165) is 21.5 Å². The van der Waals surface area contributed by atoms with Crippen LogP contribution in [0.2, 0.25) is 10.0 Å². The van der Waals surface area contributed by atoms with Gasteiger partial charge in [-0.25, -0.2) is 0 Å². The Bertz CT molecular complexity index is 843. The maximum Gasteiger partial charge on any atom is 0.174 e. The molecular weight excluding hydrogens is 359 g/mol. The number of benzene rings is 3. The number of carbonyl (C=O) groups is 1. The van der Waals surface area contributed by atoms with Gasteiger partial charge in [0.1, 0.15) is 0 Å². The topological polar surface area (TPSA) is 17.1 Å². The first kappa shape index (κ1) is 13.9. The van der Waals surface area contributed by atoms with Crippen molar-refractivity contribution in [2.75, 3.05) is 5.33 Å². The summed E-state index contributed by atoms with van der Waals surface area (Å²) in [6.07, 6.45) is 0. The van der Waals surface area contributed by atoms with Crippen LogP contribution in [0.4, 0.5) is 0 Å². The van der Waals surface area contributed by atoms with Crippen LogP contribution in [0.1, 0.15) is 10.4 Å². The van der Waals surface area contributed by atoms with Gasteiger partial charge >= 0.3 is 0 Å². The van der Waals surface area contributed by atoms with E-state index in [9.17, 15) is 4.79 Å². The molecule has 0 radical (unpaired) electrons. The summed E-state index contributed by atoms with van der Waals surface area (Å²) in [5.74, 6) is 0.0409. The number of ketones is 1. The van der Waals surface area contributed by atoms with Crippen molar-refractivity contribution in [3.8, 4) is 0 Å². The second kappa shape index (κ2) is 5.36. The average Bonchev–Trinajstić information content (AvgIpc) is 2.45. The molecule has 0 aliphatic rings. The summed E-state index contributed by atoms with van der Waals surface area (Å²) in [6.45, 7) is 0. The van der Waals surface area contributed by atoms with Crippen LogP contribution < -0.4 is 0 Å². The van der Waals surface area contributed by atoms with Gasteiger partial charge in [-0.15, -0.1) is 0 Å². The van der Waals surface area contributed by atoms with Gasteiger partial charge in [-0.2, -0.15) is 0 Å². The molecule has 0 amide bonds. The van der Waals surface area contributed by atoms with E-state index in [4.69, 9.17) is 23.2 Å². The second-order valence-electron chi connectivity index (χ2n) is 4.54. The first-order valence-electron chi connectivity index (χ1n) is 6.01. The third-order valence-corrected chi connectivity index (χ3v) is 4.28. The van der Waals surface area contributed by atoms with Gasteiger partial charge in [0.05, 0.1) is 5.33 Å². The number of carbonyl (C=O) groups excluding carboxylic acids is 1. The van der Waals surface area contributed by atoms with Crippen LogP contribution in [-0.2, 0) is 0 Å². The van der Waals surface area contributed by atoms with Crippen molar-refractivity contribution in [3.05, 3.63) is 58.1 Å². The Morgan fingerprint density at radius 2 is 1.55 bits per heavy atom. The van der Waals surface area contributed by atoms with Gasteiger partial charge in [-0.3, -0.25) is 4.79 Å². The van der Waals surface area contributed by atoms with E-state index >= 15 is 0 Å². The fraction of sp³-hybridized carbons (Fsp3) is 0.0625. The van der Waals surface area contributed by atoms with Crippen LogP contribution in [0, 0.1) is 0 Å². The molecule has 0 spiro atoms. The third kappa shape index (κ3) is 2.32. The molecule has 0 saturated heterocycles. The Hall–Kier alpha value is -1.09. The molecule has 3 aromatic carbocycles. The Labute approximate surface area is 134 Å². The molecule has 0 aliphatic heterocycles. The summed E-state index contributed by atoms with van der Waals surface area (Å²) < 4.78 is 0. The Balaban J connectivity index is 2.51. The molecule has 0 fully saturated rings. The largest absolute Gasteiger partial charge is 0.293 e. The number of alkyl halides is 1. The highest BCUT2D eigenvalue weighted by molar-refractivity contribution is 9.09. The average molecular weight is 368 g/mol. The van der Waals surface area contributed by atoms with Crippen molar-refractivity contribution in [2.24, 2.45) is 0 Å². The molecule has 0 aliphatic carbocycles. The van der Waals surface area contributed by atoms with E-state index in [0.29, 0.717) is 15.6 Å². The maximum absolute atomic E-state index is 12.1. The molecule has 0 bridgehead atoms. The number of halogens is 3. The van der Waals surface area contributed by atoms with E-state index in [-0.39, 0.29) is 11.1 Å². The summed E-state index contributed by atoms with van der Waals surface area (Å²) in [5.41, 5.74) is 0.684. The fourth-order valence-corrected chi connectivity index (χ4v) is 3.06. The molecular formula is C16H9BrCl2O. The maximum atomic E-state index is 12.1. The zero-order valence-electron chi connectivity index (χ0n) is 10.3. The highest BCUT2D eigenvalue weighted by Crippen LogP contribution is 2.32. The van der Waals surface area contributed by atoms with Gasteiger partial charge in [-0.05, 0) is 51.9 Å². The standard InChI is InChI=1S/C16H9BrCl2O/c17-8-16(20)15-6-9-5-10(18)1-3-12(9)14-7-11(19)2-4-13(14)15/h1-7H,8H2. The van der Waals surface area contributed by atoms with E-state index in [1.165, 1.54) is 0 Å². The Morgan fingerprint density at radius 1 is 0.900 bits per heavy atom. The SMILES string of the molecule is O=C(CBr)c1cc2cc(Cl)ccc2c2cc(Cl)ccc12. The molecule has 0 aromatic heterocycles. The Kier molecular flexibility index (Phi) is 3.72. The lowest BCUT2D eigenvalue weighted by atomic mass is 9.95. The molecule has 100 valence electrons. The van der Waals surface area contributed by atoms with Crippen LogP contribution in [0.15, 0.2) is 42.5 Å². The smallest absolute Gasteiger partial charge is 0.174 e. The lowest BCUT2D eigenvalue weighted by Gasteiger charge is -2.10. The summed E-state index contributed by atoms with van der Waals surface area (Å²) in [5, 5.41) is 5.45. The van der Waals surface area contributed by atoms with E-state index < -0.39 is 0 Å². The van der Waals surface area contributed by atoms with Crippen molar-refractivity contribution in [1.82, 2.24) is 0 Å². The normalized spacial score (nSPS) is 11.2. The van der Waals surface area contributed by atoms with Crippen molar-refractivity contribution in [1.29, 1.82) is 0 Å². The monoisotopic (exact) mass is 366 g/mol. The molecule has 1 nitrogen and oxygen atoms in total. The highest BCUT2D eigenvalue weighted by Gasteiger charge is 2.12. The molecule has 3 aromatic rings. The van der Waals surface area contributed by atoms with Gasteiger partial charge in [0.15, 0.2) is 5.78 Å². The number of hydrogen-bond donors (Lipinski definition) is 0. The lowest BCUT2D eigenvalue weighted by Crippen LogP contribution is -2.01. The fourth-order valence-electron chi connectivity index (χ4n) is 2.41. The molecule has 0 N–H and O–H groups in total. The van der Waals surface area contributed by atoms with Gasteiger partial charge < -0.3 is 0 Å². The van der Waals surface area contributed by atoms with Gasteiger partial charge in [0.2, 0.25) is 0 Å². The first-order valence-corrected chi connectivity index (χ1v) is 7.88. The lowest BCUT2D eigenvalue weighted by molar-refractivity contribution is 0.102. The van der Waals surface area contributed by atoms with E-state index in [2.05, 4.69) is 15.9 Å². The number of rotatable bonds is 2.